The van der Waals surface area contributed by atoms with Crippen molar-refractivity contribution in [2.75, 3.05) is 32.8 Å². The van der Waals surface area contributed by atoms with E-state index in [1.807, 2.05) is 33.8 Å². The molecule has 0 aromatic heterocycles. The third-order valence-corrected chi connectivity index (χ3v) is 9.33. The van der Waals surface area contributed by atoms with Crippen LogP contribution < -0.4 is 0 Å². The van der Waals surface area contributed by atoms with Crippen molar-refractivity contribution in [3.8, 4) is 0 Å². The largest absolute Gasteiger partial charge is 0.455 e. The van der Waals surface area contributed by atoms with Crippen molar-refractivity contribution in [1.29, 1.82) is 0 Å². The number of carbonyl (C=O) groups is 2. The molecule has 178 valence electrons. The lowest BCUT2D eigenvalue weighted by atomic mass is 9.98. The highest BCUT2D eigenvalue weighted by Crippen LogP contribution is 2.31. The number of piperidine rings is 2. The molecule has 2 saturated heterocycles. The summed E-state index contributed by atoms with van der Waals surface area (Å²) in [6.07, 6.45) is 2.75. The molecule has 0 radical (unpaired) electrons. The molecule has 32 heavy (non-hydrogen) atoms. The Morgan fingerprint density at radius 1 is 0.938 bits per heavy atom. The van der Waals surface area contributed by atoms with Crippen LogP contribution >= 0.6 is 0 Å². The Hall–Kier alpha value is -1.93. The summed E-state index contributed by atoms with van der Waals surface area (Å²) in [5.74, 6) is -0.304. The van der Waals surface area contributed by atoms with Gasteiger partial charge >= 0.3 is 5.97 Å². The van der Waals surface area contributed by atoms with Crippen LogP contribution in [-0.2, 0) is 24.3 Å². The summed E-state index contributed by atoms with van der Waals surface area (Å²) in [4.78, 5) is 27.0. The minimum atomic E-state index is -3.64. The summed E-state index contributed by atoms with van der Waals surface area (Å²) in [6.45, 7) is 11.5. The second-order valence-corrected chi connectivity index (χ2v) is 11.3. The van der Waals surface area contributed by atoms with Crippen molar-refractivity contribution in [2.45, 2.75) is 65.2 Å². The Balaban J connectivity index is 1.57. The van der Waals surface area contributed by atoms with E-state index in [1.54, 1.807) is 4.90 Å². The molecule has 1 amide bonds. The summed E-state index contributed by atoms with van der Waals surface area (Å²) >= 11 is 0. The first-order valence-electron chi connectivity index (χ1n) is 11.5. The molecule has 2 aliphatic rings. The van der Waals surface area contributed by atoms with Crippen LogP contribution in [0.5, 0.6) is 0 Å². The first-order valence-corrected chi connectivity index (χ1v) is 13.0. The number of amides is 1. The summed E-state index contributed by atoms with van der Waals surface area (Å²) < 4.78 is 33.5. The molecule has 0 atom stereocenters. The number of hydrogen-bond acceptors (Lipinski definition) is 5. The van der Waals surface area contributed by atoms with Crippen LogP contribution in [0.3, 0.4) is 0 Å². The topological polar surface area (TPSA) is 84.0 Å². The first kappa shape index (κ1) is 24.7. The van der Waals surface area contributed by atoms with Gasteiger partial charge in [0.15, 0.2) is 6.61 Å². The standard InChI is InChI=1S/C24H36N2O5S/c1-16-6-10-25(11-7-16)22(27)15-31-24(28)21-8-12-26(13-9-21)32(29,30)23-19(4)17(2)14-18(3)20(23)5/h14,16,21H,6-13,15H2,1-5H3. The van der Waals surface area contributed by atoms with Crippen LogP contribution in [0.1, 0.15) is 54.9 Å². The maximum Gasteiger partial charge on any atom is 0.309 e. The number of hydrogen-bond donors (Lipinski definition) is 0. The Bertz CT molecular complexity index is 946. The SMILES string of the molecule is Cc1cc(C)c(C)c(S(=O)(=O)N2CCC(C(=O)OCC(=O)N3CCC(C)CC3)CC2)c1C. The third kappa shape index (κ3) is 5.17. The highest BCUT2D eigenvalue weighted by atomic mass is 32.2. The van der Waals surface area contributed by atoms with Gasteiger partial charge < -0.3 is 9.64 Å². The van der Waals surface area contributed by atoms with Gasteiger partial charge in [-0.15, -0.1) is 0 Å². The number of benzene rings is 1. The lowest BCUT2D eigenvalue weighted by Crippen LogP contribution is -2.42. The number of aryl methyl sites for hydroxylation is 2. The van der Waals surface area contributed by atoms with Crippen LogP contribution in [0.2, 0.25) is 0 Å². The number of ether oxygens (including phenoxy) is 1. The van der Waals surface area contributed by atoms with Crippen molar-refractivity contribution in [1.82, 2.24) is 9.21 Å². The number of nitrogens with zero attached hydrogens (tertiary/aromatic N) is 2. The molecule has 2 heterocycles. The molecule has 0 spiro atoms. The van der Waals surface area contributed by atoms with Gasteiger partial charge in [-0.25, -0.2) is 8.42 Å². The molecule has 0 saturated carbocycles. The van der Waals surface area contributed by atoms with Crippen LogP contribution in [0.4, 0.5) is 0 Å². The van der Waals surface area contributed by atoms with Gasteiger partial charge in [0.05, 0.1) is 10.8 Å². The van der Waals surface area contributed by atoms with Crippen molar-refractivity contribution in [3.05, 3.63) is 28.3 Å². The van der Waals surface area contributed by atoms with Gasteiger partial charge in [0.2, 0.25) is 10.0 Å². The fourth-order valence-electron chi connectivity index (χ4n) is 4.63. The monoisotopic (exact) mass is 464 g/mol. The second kappa shape index (κ2) is 9.91. The number of carbonyl (C=O) groups excluding carboxylic acids is 2. The molecule has 8 heteroatoms. The van der Waals surface area contributed by atoms with Crippen molar-refractivity contribution in [2.24, 2.45) is 11.8 Å². The molecule has 1 aromatic rings. The van der Waals surface area contributed by atoms with E-state index >= 15 is 0 Å². The van der Waals surface area contributed by atoms with Gasteiger partial charge in [0, 0.05) is 26.2 Å². The molecule has 2 fully saturated rings. The Kier molecular flexibility index (Phi) is 7.65. The minimum Gasteiger partial charge on any atom is -0.455 e. The summed E-state index contributed by atoms with van der Waals surface area (Å²) in [5, 5.41) is 0. The predicted molar refractivity (Wildman–Crippen MR) is 123 cm³/mol. The Morgan fingerprint density at radius 3 is 2.00 bits per heavy atom. The van der Waals surface area contributed by atoms with Crippen LogP contribution in [0.15, 0.2) is 11.0 Å². The number of rotatable bonds is 5. The van der Waals surface area contributed by atoms with Crippen molar-refractivity contribution < 1.29 is 22.7 Å². The van der Waals surface area contributed by atoms with Crippen molar-refractivity contribution >= 4 is 21.9 Å². The molecule has 0 N–H and O–H groups in total. The summed E-state index contributed by atoms with van der Waals surface area (Å²) in [7, 11) is -3.64. The van der Waals surface area contributed by atoms with Crippen LogP contribution in [0.25, 0.3) is 0 Å². The normalized spacial score (nSPS) is 19.2. The van der Waals surface area contributed by atoms with Gasteiger partial charge in [-0.3, -0.25) is 9.59 Å². The van der Waals surface area contributed by atoms with Crippen LogP contribution in [-0.4, -0.2) is 62.3 Å². The van der Waals surface area contributed by atoms with Crippen molar-refractivity contribution in [3.63, 3.8) is 0 Å². The molecule has 3 rings (SSSR count). The molecule has 0 aliphatic carbocycles. The second-order valence-electron chi connectivity index (χ2n) is 9.44. The van der Waals surface area contributed by atoms with E-state index in [9.17, 15) is 18.0 Å². The van der Waals surface area contributed by atoms with E-state index in [0.717, 1.165) is 35.1 Å². The van der Waals surface area contributed by atoms with E-state index in [2.05, 4.69) is 6.92 Å². The molecule has 0 bridgehead atoms. The molecule has 2 aliphatic heterocycles. The zero-order chi connectivity index (χ0) is 23.6. The molecule has 7 nitrogen and oxygen atoms in total. The Labute approximate surface area is 192 Å². The average Bonchev–Trinajstić information content (AvgIpc) is 2.76. The fourth-order valence-corrected chi connectivity index (χ4v) is 6.67. The summed E-state index contributed by atoms with van der Waals surface area (Å²) in [6, 6.07) is 2.01. The maximum atomic E-state index is 13.4. The minimum absolute atomic E-state index is 0.147. The Morgan fingerprint density at radius 2 is 1.47 bits per heavy atom. The lowest BCUT2D eigenvalue weighted by molar-refractivity contribution is -0.157. The molecular formula is C24H36N2O5S. The van der Waals surface area contributed by atoms with Gasteiger partial charge in [-0.1, -0.05) is 13.0 Å². The van der Waals surface area contributed by atoms with Crippen LogP contribution in [0, 0.1) is 39.5 Å². The van der Waals surface area contributed by atoms with E-state index in [-0.39, 0.29) is 31.5 Å². The quantitative estimate of drug-likeness (QED) is 0.625. The van der Waals surface area contributed by atoms with E-state index in [4.69, 9.17) is 4.74 Å². The fraction of sp³-hybridized carbons (Fsp3) is 0.667. The van der Waals surface area contributed by atoms with E-state index in [0.29, 0.717) is 36.7 Å². The summed E-state index contributed by atoms with van der Waals surface area (Å²) in [5.41, 5.74) is 3.47. The predicted octanol–water partition coefficient (Wildman–Crippen LogP) is 3.12. The molecule has 1 aromatic carbocycles. The first-order chi connectivity index (χ1) is 15.0. The number of esters is 1. The lowest BCUT2D eigenvalue weighted by Gasteiger charge is -2.32. The number of likely N-dealkylation sites (tertiary alicyclic amines) is 1. The zero-order valence-electron chi connectivity index (χ0n) is 19.9. The third-order valence-electron chi connectivity index (χ3n) is 7.16. The van der Waals surface area contributed by atoms with Gasteiger partial charge in [-0.05, 0) is 81.5 Å². The van der Waals surface area contributed by atoms with Gasteiger partial charge in [0.25, 0.3) is 5.91 Å². The highest BCUT2D eigenvalue weighted by molar-refractivity contribution is 7.89. The van der Waals surface area contributed by atoms with Gasteiger partial charge in [0.1, 0.15) is 0 Å². The number of sulfonamides is 1. The molecule has 0 unspecified atom stereocenters. The zero-order valence-corrected chi connectivity index (χ0v) is 20.8. The van der Waals surface area contributed by atoms with Gasteiger partial charge in [-0.2, -0.15) is 4.31 Å². The smallest absolute Gasteiger partial charge is 0.309 e. The molecular weight excluding hydrogens is 428 g/mol. The van der Waals surface area contributed by atoms with E-state index < -0.39 is 16.0 Å². The maximum absolute atomic E-state index is 13.4. The highest BCUT2D eigenvalue weighted by Gasteiger charge is 2.35. The average molecular weight is 465 g/mol. The van der Waals surface area contributed by atoms with E-state index in [1.165, 1.54) is 4.31 Å².